The van der Waals surface area contributed by atoms with Gasteiger partial charge in [0.05, 0.1) is 0 Å². The number of aliphatic hydroxyl groups excluding tert-OH is 1. The standard InChI is InChI=1S/C12H23NO2/c1-3-13(2)12(15)11-6-4-10(5-7-11)8-9-14/h10-11,14H,3-9H2,1-2H3. The van der Waals surface area contributed by atoms with Crippen LogP contribution in [0.15, 0.2) is 0 Å². The molecule has 0 spiro atoms. The minimum Gasteiger partial charge on any atom is -0.396 e. The lowest BCUT2D eigenvalue weighted by Gasteiger charge is -2.29. The predicted octanol–water partition coefficient (Wildman–Crippen LogP) is 1.65. The van der Waals surface area contributed by atoms with Gasteiger partial charge in [-0.2, -0.15) is 0 Å². The van der Waals surface area contributed by atoms with E-state index in [0.717, 1.165) is 38.6 Å². The second kappa shape index (κ2) is 6.11. The molecule has 1 amide bonds. The van der Waals surface area contributed by atoms with Crippen molar-refractivity contribution in [2.24, 2.45) is 11.8 Å². The van der Waals surface area contributed by atoms with E-state index in [0.29, 0.717) is 11.8 Å². The maximum atomic E-state index is 11.9. The molecule has 1 fully saturated rings. The molecule has 1 aliphatic rings. The topological polar surface area (TPSA) is 40.5 Å². The second-order valence-electron chi connectivity index (χ2n) is 4.58. The van der Waals surface area contributed by atoms with E-state index in [2.05, 4.69) is 0 Å². The average Bonchev–Trinajstić information content (AvgIpc) is 2.28. The highest BCUT2D eigenvalue weighted by molar-refractivity contribution is 5.78. The monoisotopic (exact) mass is 213 g/mol. The molecule has 88 valence electrons. The molecule has 0 unspecified atom stereocenters. The zero-order chi connectivity index (χ0) is 11.3. The van der Waals surface area contributed by atoms with Crippen molar-refractivity contribution in [3.63, 3.8) is 0 Å². The number of aliphatic hydroxyl groups is 1. The molecular formula is C12H23NO2. The Morgan fingerprint density at radius 3 is 2.40 bits per heavy atom. The number of hydrogen-bond acceptors (Lipinski definition) is 2. The van der Waals surface area contributed by atoms with Gasteiger partial charge < -0.3 is 10.0 Å². The van der Waals surface area contributed by atoms with Gasteiger partial charge in [-0.15, -0.1) is 0 Å². The molecule has 0 aliphatic heterocycles. The molecule has 3 nitrogen and oxygen atoms in total. The van der Waals surface area contributed by atoms with Crippen LogP contribution in [0.5, 0.6) is 0 Å². The average molecular weight is 213 g/mol. The summed E-state index contributed by atoms with van der Waals surface area (Å²) in [6, 6.07) is 0. The molecule has 3 heteroatoms. The SMILES string of the molecule is CCN(C)C(=O)C1CCC(CCO)CC1. The lowest BCUT2D eigenvalue weighted by molar-refractivity contribution is -0.135. The number of carbonyl (C=O) groups is 1. The fourth-order valence-electron chi connectivity index (χ4n) is 2.35. The van der Waals surface area contributed by atoms with Crippen molar-refractivity contribution in [2.75, 3.05) is 20.2 Å². The van der Waals surface area contributed by atoms with E-state index in [-0.39, 0.29) is 12.5 Å². The molecule has 15 heavy (non-hydrogen) atoms. The van der Waals surface area contributed by atoms with Crippen molar-refractivity contribution >= 4 is 5.91 Å². The Morgan fingerprint density at radius 2 is 1.93 bits per heavy atom. The first kappa shape index (κ1) is 12.5. The first-order valence-corrected chi connectivity index (χ1v) is 6.04. The Balaban J connectivity index is 2.33. The van der Waals surface area contributed by atoms with Crippen LogP contribution in [0.3, 0.4) is 0 Å². The largest absolute Gasteiger partial charge is 0.396 e. The van der Waals surface area contributed by atoms with Crippen LogP contribution in [-0.4, -0.2) is 36.1 Å². The third-order valence-corrected chi connectivity index (χ3v) is 3.58. The quantitative estimate of drug-likeness (QED) is 0.771. The Bertz CT molecular complexity index is 198. The van der Waals surface area contributed by atoms with Gasteiger partial charge in [0.15, 0.2) is 0 Å². The third kappa shape index (κ3) is 3.49. The molecule has 0 aromatic carbocycles. The van der Waals surface area contributed by atoms with Crippen molar-refractivity contribution in [2.45, 2.75) is 39.0 Å². The van der Waals surface area contributed by atoms with Crippen molar-refractivity contribution < 1.29 is 9.90 Å². The van der Waals surface area contributed by atoms with E-state index in [1.807, 2.05) is 18.9 Å². The molecule has 0 aromatic rings. The van der Waals surface area contributed by atoms with Crippen LogP contribution in [0.1, 0.15) is 39.0 Å². The number of rotatable bonds is 4. The Kier molecular flexibility index (Phi) is 5.09. The minimum atomic E-state index is 0.241. The molecule has 0 saturated heterocycles. The molecule has 1 N–H and O–H groups in total. The van der Waals surface area contributed by atoms with Crippen molar-refractivity contribution in [3.8, 4) is 0 Å². The van der Waals surface area contributed by atoms with E-state index in [1.54, 1.807) is 0 Å². The summed E-state index contributed by atoms with van der Waals surface area (Å²) in [5.74, 6) is 1.19. The fraction of sp³-hybridized carbons (Fsp3) is 0.917. The highest BCUT2D eigenvalue weighted by atomic mass is 16.3. The molecule has 0 heterocycles. The molecule has 1 rings (SSSR count). The highest BCUT2D eigenvalue weighted by Gasteiger charge is 2.27. The van der Waals surface area contributed by atoms with E-state index in [4.69, 9.17) is 5.11 Å². The van der Waals surface area contributed by atoms with Crippen molar-refractivity contribution in [3.05, 3.63) is 0 Å². The Morgan fingerprint density at radius 1 is 1.33 bits per heavy atom. The fourth-order valence-corrected chi connectivity index (χ4v) is 2.35. The normalized spacial score (nSPS) is 26.3. The van der Waals surface area contributed by atoms with Crippen molar-refractivity contribution in [1.29, 1.82) is 0 Å². The summed E-state index contributed by atoms with van der Waals surface area (Å²) in [6.45, 7) is 3.10. The summed E-state index contributed by atoms with van der Waals surface area (Å²) in [5, 5.41) is 8.84. The van der Waals surface area contributed by atoms with Gasteiger partial charge in [-0.25, -0.2) is 0 Å². The Hall–Kier alpha value is -0.570. The van der Waals surface area contributed by atoms with Gasteiger partial charge in [0, 0.05) is 26.1 Å². The zero-order valence-electron chi connectivity index (χ0n) is 9.91. The summed E-state index contributed by atoms with van der Waals surface area (Å²) < 4.78 is 0. The van der Waals surface area contributed by atoms with Gasteiger partial charge in [-0.05, 0) is 44.9 Å². The summed E-state index contributed by atoms with van der Waals surface area (Å²) in [4.78, 5) is 13.7. The van der Waals surface area contributed by atoms with Gasteiger partial charge in [0.25, 0.3) is 0 Å². The summed E-state index contributed by atoms with van der Waals surface area (Å²) in [7, 11) is 1.88. The summed E-state index contributed by atoms with van der Waals surface area (Å²) in [6.07, 6.45) is 5.13. The number of hydrogen-bond donors (Lipinski definition) is 1. The van der Waals surface area contributed by atoms with Crippen LogP contribution >= 0.6 is 0 Å². The number of nitrogens with zero attached hydrogens (tertiary/aromatic N) is 1. The number of amides is 1. The van der Waals surface area contributed by atoms with E-state index in [1.165, 1.54) is 0 Å². The van der Waals surface area contributed by atoms with Gasteiger partial charge >= 0.3 is 0 Å². The minimum absolute atomic E-state index is 0.241. The Labute approximate surface area is 92.5 Å². The number of carbonyl (C=O) groups excluding carboxylic acids is 1. The van der Waals surface area contributed by atoms with Gasteiger partial charge in [0.2, 0.25) is 5.91 Å². The molecule has 0 radical (unpaired) electrons. The van der Waals surface area contributed by atoms with E-state index < -0.39 is 0 Å². The first-order chi connectivity index (χ1) is 7.19. The smallest absolute Gasteiger partial charge is 0.225 e. The van der Waals surface area contributed by atoms with E-state index >= 15 is 0 Å². The molecule has 1 aliphatic carbocycles. The second-order valence-corrected chi connectivity index (χ2v) is 4.58. The highest BCUT2D eigenvalue weighted by Crippen LogP contribution is 2.31. The zero-order valence-corrected chi connectivity index (χ0v) is 9.91. The van der Waals surface area contributed by atoms with Crippen LogP contribution in [0.4, 0.5) is 0 Å². The van der Waals surface area contributed by atoms with Crippen LogP contribution in [-0.2, 0) is 4.79 Å². The summed E-state index contributed by atoms with van der Waals surface area (Å²) in [5.41, 5.74) is 0. The lowest BCUT2D eigenvalue weighted by Crippen LogP contribution is -2.34. The van der Waals surface area contributed by atoms with Crippen LogP contribution < -0.4 is 0 Å². The van der Waals surface area contributed by atoms with Gasteiger partial charge in [0.1, 0.15) is 0 Å². The van der Waals surface area contributed by atoms with Crippen LogP contribution in [0.25, 0.3) is 0 Å². The molecular weight excluding hydrogens is 190 g/mol. The van der Waals surface area contributed by atoms with Crippen molar-refractivity contribution in [1.82, 2.24) is 4.90 Å². The maximum Gasteiger partial charge on any atom is 0.225 e. The molecule has 0 bridgehead atoms. The van der Waals surface area contributed by atoms with Gasteiger partial charge in [-0.3, -0.25) is 4.79 Å². The maximum absolute atomic E-state index is 11.9. The first-order valence-electron chi connectivity index (χ1n) is 6.04. The third-order valence-electron chi connectivity index (χ3n) is 3.58. The van der Waals surface area contributed by atoms with Crippen LogP contribution in [0, 0.1) is 11.8 Å². The molecule has 0 atom stereocenters. The molecule has 0 aromatic heterocycles. The predicted molar refractivity (Wildman–Crippen MR) is 60.5 cm³/mol. The van der Waals surface area contributed by atoms with E-state index in [9.17, 15) is 4.79 Å². The van der Waals surface area contributed by atoms with Crippen LogP contribution in [0.2, 0.25) is 0 Å². The molecule has 1 saturated carbocycles. The van der Waals surface area contributed by atoms with Gasteiger partial charge in [-0.1, -0.05) is 0 Å². The summed E-state index contributed by atoms with van der Waals surface area (Å²) >= 11 is 0. The lowest BCUT2D eigenvalue weighted by atomic mass is 9.80.